The predicted molar refractivity (Wildman–Crippen MR) is 219 cm³/mol. The molecule has 4 rings (SSSR count). The summed E-state index contributed by atoms with van der Waals surface area (Å²) in [5.41, 5.74) is 0. The van der Waals surface area contributed by atoms with E-state index in [9.17, 15) is 117 Å². The molecule has 0 aromatic carbocycles. The van der Waals surface area contributed by atoms with Crippen LogP contribution in [0.5, 0.6) is 0 Å². The van der Waals surface area contributed by atoms with Gasteiger partial charge in [-0.25, -0.2) is 75.8 Å². The number of hydrogen-bond acceptors (Lipinski definition) is 44. The summed E-state index contributed by atoms with van der Waals surface area (Å²) in [4.78, 5) is 0. The average molecular weight is 1560 g/mol. The molecule has 0 unspecified atom stereocenters. The van der Waals surface area contributed by atoms with E-state index in [4.69, 9.17) is 37.9 Å². The molecular formula is C27H39Na9O44S9. The molecule has 4 aliphatic heterocycles. The summed E-state index contributed by atoms with van der Waals surface area (Å²) in [7, 11) is -57.1. The van der Waals surface area contributed by atoms with Gasteiger partial charge in [-0.2, -0.15) is 0 Å². The number of rotatable bonds is 26. The van der Waals surface area contributed by atoms with E-state index in [0.29, 0.717) is 20.8 Å². The van der Waals surface area contributed by atoms with Crippen LogP contribution in [0.1, 0.15) is 41.5 Å². The number of hydrogen-bond donors (Lipinski definition) is 0. The van der Waals surface area contributed by atoms with Gasteiger partial charge < -0.3 is 78.9 Å². The molecular weight excluding hydrogens is 1520 g/mol. The van der Waals surface area contributed by atoms with Gasteiger partial charge in [0.25, 0.3) is 0 Å². The summed E-state index contributed by atoms with van der Waals surface area (Å²) >= 11 is 0. The van der Waals surface area contributed by atoms with E-state index in [1.807, 2.05) is 0 Å². The van der Waals surface area contributed by atoms with E-state index < -0.39 is 223 Å². The van der Waals surface area contributed by atoms with Gasteiger partial charge in [0.2, 0.25) is 93.6 Å². The van der Waals surface area contributed by atoms with Crippen molar-refractivity contribution in [2.24, 2.45) is 0 Å². The van der Waals surface area contributed by atoms with Crippen molar-refractivity contribution < 1.29 is 458 Å². The van der Waals surface area contributed by atoms with Crippen molar-refractivity contribution >= 4 is 93.6 Å². The Morgan fingerprint density at radius 2 is 0.393 bits per heavy atom. The summed E-state index contributed by atoms with van der Waals surface area (Å²) in [5, 5.41) is 0. The third kappa shape index (κ3) is 37.9. The third-order valence-electron chi connectivity index (χ3n) is 10.2. The molecule has 474 valence electrons. The van der Waals surface area contributed by atoms with E-state index in [-0.39, 0.29) is 266 Å². The number of ether oxygens (including phenoxy) is 8. The quantitative estimate of drug-likeness (QED) is 0.0441. The Labute approximate surface area is 709 Å². The average Bonchev–Trinajstić information content (AvgIpc) is 3.18. The SMILES string of the molecule is CC(C)O[C@@H]1O[C@@H](C)[C@@H](OS(=O)(=O)[O-])[C@@H](O[C@@H]2O[C@@H](C)[C@@H](OS(=O)(=O)[O-])[C@@H](O[C@@H]3O[C@@H](C)[C@@H](OS(=O)(=O)[O-])[C@@H](O[C@@H]4O[C@@H](C)[C@@H](OS(=O)(=O)[O-])[C@@H](OS(=O)(=O)[O-])[C@@H]4OS(=O)(=O)[O-])[C@@H]3OS(=O)(=O)[O-])[C@@H]2OS(=O)(=O)[O-])[C@@H]1OS(=O)(=O)[O-].[Na+].[Na+].[Na+].[Na+].[Na+].[Na+].[Na+].[Na+].[Na+]. The molecule has 4 heterocycles. The zero-order valence-corrected chi connectivity index (χ0v) is 74.1. The molecule has 0 aromatic rings. The van der Waals surface area contributed by atoms with Crippen LogP contribution in [0.2, 0.25) is 0 Å². The van der Waals surface area contributed by atoms with Crippen molar-refractivity contribution in [1.29, 1.82) is 0 Å². The normalized spacial score (nSPS) is 33.2. The van der Waals surface area contributed by atoms with Crippen LogP contribution < -0.4 is 266 Å². The maximum absolute atomic E-state index is 12.5. The maximum Gasteiger partial charge on any atom is 1.00 e. The molecule has 0 spiro atoms. The molecule has 20 atom stereocenters. The van der Waals surface area contributed by atoms with Crippen LogP contribution in [0, 0.1) is 0 Å². The second-order valence-corrected chi connectivity index (χ2v) is 25.6. The molecule has 0 bridgehead atoms. The molecule has 0 N–H and O–H groups in total. The predicted octanol–water partition coefficient (Wildman–Crippen LogP) is -35.8. The first kappa shape index (κ1) is 107. The Morgan fingerprint density at radius 3 is 0.584 bits per heavy atom. The van der Waals surface area contributed by atoms with E-state index in [1.54, 1.807) is 0 Å². The van der Waals surface area contributed by atoms with Gasteiger partial charge in [-0.3, -0.25) is 37.6 Å². The molecule has 62 heteroatoms. The zero-order valence-electron chi connectivity index (χ0n) is 48.8. The van der Waals surface area contributed by atoms with Crippen LogP contribution in [0.15, 0.2) is 0 Å². The molecule has 4 fully saturated rings. The van der Waals surface area contributed by atoms with Gasteiger partial charge in [0.15, 0.2) is 49.6 Å². The fourth-order valence-electron chi connectivity index (χ4n) is 7.80. The van der Waals surface area contributed by atoms with E-state index in [0.717, 1.165) is 6.92 Å². The van der Waals surface area contributed by atoms with Crippen molar-refractivity contribution in [2.75, 3.05) is 0 Å². The van der Waals surface area contributed by atoms with Gasteiger partial charge >= 0.3 is 266 Å². The molecule has 0 aliphatic carbocycles. The Bertz CT molecular complexity index is 3250. The Kier molecular flexibility index (Phi) is 51.4. The van der Waals surface area contributed by atoms with Crippen LogP contribution in [-0.4, -0.2) is 246 Å². The standard InChI is InChI=1S/C27H48O44S9.9Na/c1-7(2)55-24-20(68-77(43,44)45)16(12(8(3)56-24)63-72(28,29)30)60-25-21(69-78(46,47)48)17(13(9(4)57-25)64-73(31,32)33)61-26-22(70-79(49,50)51)18(14(10(5)58-26)65-74(34,35)36)62-27-23(71-80(52,53)54)19(67-76(40,41)42)15(11(6)59-27)66-75(37,38)39;;;;;;;;;/h7-27H,1-6H3,(H,28,29,30)(H,31,32,33)(H,34,35,36)(H,37,38,39)(H,40,41,42)(H,43,44,45)(H,46,47,48)(H,49,50,51)(H,52,53,54);;;;;;;;;/q;9*+1/p-9/t8-,9-,10-,11-,12+,13+,14+,15+,16+,17+,18+,19+,20-,21-,22-,23-,24+,25-,26-,27-;;;;;;;;;/m0........./s1. The molecule has 4 aliphatic rings. The monoisotopic (exact) mass is 1560 g/mol. The van der Waals surface area contributed by atoms with E-state index in [2.05, 4.69) is 37.6 Å². The summed E-state index contributed by atoms with van der Waals surface area (Å²) in [6.45, 7) is 4.95. The van der Waals surface area contributed by atoms with Crippen molar-refractivity contribution in [3.63, 3.8) is 0 Å². The van der Waals surface area contributed by atoms with Gasteiger partial charge in [-0.1, -0.05) is 0 Å². The van der Waals surface area contributed by atoms with Crippen LogP contribution in [-0.2, 0) is 169 Å². The molecule has 4 saturated heterocycles. The van der Waals surface area contributed by atoms with Crippen molar-refractivity contribution in [3.8, 4) is 0 Å². The first-order chi connectivity index (χ1) is 35.7. The van der Waals surface area contributed by atoms with Gasteiger partial charge in [0.1, 0.15) is 48.8 Å². The van der Waals surface area contributed by atoms with Crippen molar-refractivity contribution in [2.45, 2.75) is 170 Å². The summed E-state index contributed by atoms with van der Waals surface area (Å²) in [5.74, 6) is 0. The minimum atomic E-state index is -6.62. The minimum Gasteiger partial charge on any atom is -0.726 e. The zero-order chi connectivity index (χ0) is 61.6. The Balaban J connectivity index is -0.00000191. The van der Waals surface area contributed by atoms with Crippen molar-refractivity contribution in [3.05, 3.63) is 0 Å². The fraction of sp³-hybridized carbons (Fsp3) is 1.00. The maximum atomic E-state index is 12.5. The minimum absolute atomic E-state index is 0. The molecule has 44 nitrogen and oxygen atoms in total. The van der Waals surface area contributed by atoms with E-state index >= 15 is 0 Å². The third-order valence-corrected chi connectivity index (χ3v) is 14.4. The van der Waals surface area contributed by atoms with Crippen LogP contribution in [0.25, 0.3) is 0 Å². The largest absolute Gasteiger partial charge is 1.00 e. The summed E-state index contributed by atoms with van der Waals surface area (Å²) in [6, 6.07) is 0. The molecule has 0 saturated carbocycles. The Morgan fingerprint density at radius 1 is 0.247 bits per heavy atom. The topological polar surface area (TPSA) is 672 Å². The van der Waals surface area contributed by atoms with Crippen molar-refractivity contribution in [1.82, 2.24) is 0 Å². The first-order valence-electron chi connectivity index (χ1n) is 20.7. The summed E-state index contributed by atoms with van der Waals surface area (Å²) in [6.07, 6.45) is -59.6. The second kappa shape index (κ2) is 42.6. The fourth-order valence-corrected chi connectivity index (χ4v) is 12.3. The smallest absolute Gasteiger partial charge is 0.726 e. The molecule has 0 aromatic heterocycles. The summed E-state index contributed by atoms with van der Waals surface area (Å²) < 4.78 is 409. The molecule has 0 amide bonds. The van der Waals surface area contributed by atoms with Gasteiger partial charge in [-0.15, -0.1) is 0 Å². The van der Waals surface area contributed by atoms with Crippen LogP contribution >= 0.6 is 0 Å². The van der Waals surface area contributed by atoms with Gasteiger partial charge in [0, 0.05) is 0 Å². The van der Waals surface area contributed by atoms with Crippen LogP contribution in [0.4, 0.5) is 0 Å². The van der Waals surface area contributed by atoms with Crippen LogP contribution in [0.3, 0.4) is 0 Å². The van der Waals surface area contributed by atoms with Gasteiger partial charge in [0.05, 0.1) is 30.5 Å². The van der Waals surface area contributed by atoms with E-state index in [1.165, 1.54) is 13.8 Å². The molecule has 89 heavy (non-hydrogen) atoms. The van der Waals surface area contributed by atoms with Gasteiger partial charge in [-0.05, 0) is 41.5 Å². The first-order valence-corrected chi connectivity index (χ1v) is 32.7. The molecule has 0 radical (unpaired) electrons. The Hall–Kier alpha value is 7.51. The second-order valence-electron chi connectivity index (χ2n) is 16.5.